The van der Waals surface area contributed by atoms with E-state index in [4.69, 9.17) is 16.3 Å². The summed E-state index contributed by atoms with van der Waals surface area (Å²) in [4.78, 5) is 21.9. The minimum atomic E-state index is -1.26. The van der Waals surface area contributed by atoms with Gasteiger partial charge in [-0.25, -0.2) is 14.2 Å². The first-order chi connectivity index (χ1) is 11.4. The molecule has 1 aromatic heterocycles. The van der Waals surface area contributed by atoms with Crippen LogP contribution in [0.3, 0.4) is 0 Å². The number of alkyl halides is 1. The SMILES string of the molecule is CC(C)(C)OC(=O)N1CC(F)C(Nc2nc(Cl)ncc2I)CC1(C)C. The monoisotopic (exact) mass is 484 g/mol. The van der Waals surface area contributed by atoms with Crippen LogP contribution in [0.1, 0.15) is 41.0 Å². The van der Waals surface area contributed by atoms with Crippen LogP contribution in [0.15, 0.2) is 6.20 Å². The maximum absolute atomic E-state index is 14.8. The number of halogens is 3. The van der Waals surface area contributed by atoms with Gasteiger partial charge in [0.25, 0.3) is 0 Å². The Hall–Kier alpha value is -0.900. The normalized spacial score (nSPS) is 23.3. The molecule has 1 amide bonds. The summed E-state index contributed by atoms with van der Waals surface area (Å²) in [5, 5.41) is 3.21. The predicted octanol–water partition coefficient (Wildman–Crippen LogP) is 4.27. The first-order valence-electron chi connectivity index (χ1n) is 7.98. The molecule has 6 nitrogen and oxygen atoms in total. The number of anilines is 1. The molecule has 9 heteroatoms. The zero-order chi connectivity index (χ0) is 19.0. The van der Waals surface area contributed by atoms with Crippen LogP contribution >= 0.6 is 34.2 Å². The summed E-state index contributed by atoms with van der Waals surface area (Å²) in [7, 11) is 0. The average Bonchev–Trinajstić information content (AvgIpc) is 2.44. The molecule has 2 atom stereocenters. The fourth-order valence-corrected chi connectivity index (χ4v) is 3.28. The van der Waals surface area contributed by atoms with Crippen LogP contribution in [0.25, 0.3) is 0 Å². The number of hydrogen-bond donors (Lipinski definition) is 1. The van der Waals surface area contributed by atoms with Gasteiger partial charge in [0.05, 0.1) is 16.2 Å². The van der Waals surface area contributed by atoms with E-state index < -0.39 is 29.4 Å². The highest BCUT2D eigenvalue weighted by atomic mass is 127. The Morgan fingerprint density at radius 2 is 2.16 bits per heavy atom. The summed E-state index contributed by atoms with van der Waals surface area (Å²) >= 11 is 7.89. The number of amides is 1. The Labute approximate surface area is 166 Å². The third-order valence-electron chi connectivity index (χ3n) is 3.89. The van der Waals surface area contributed by atoms with Crippen LogP contribution in [0.2, 0.25) is 5.28 Å². The van der Waals surface area contributed by atoms with Crippen LogP contribution < -0.4 is 5.32 Å². The molecule has 1 fully saturated rings. The van der Waals surface area contributed by atoms with Crippen molar-refractivity contribution in [3.63, 3.8) is 0 Å². The molecule has 2 unspecified atom stereocenters. The molecule has 2 heterocycles. The summed E-state index contributed by atoms with van der Waals surface area (Å²) in [6.45, 7) is 9.12. The molecule has 1 aliphatic rings. The number of nitrogens with one attached hydrogen (secondary N) is 1. The topological polar surface area (TPSA) is 67.3 Å². The summed E-state index contributed by atoms with van der Waals surface area (Å²) < 4.78 is 20.9. The van der Waals surface area contributed by atoms with Gasteiger partial charge in [-0.3, -0.25) is 0 Å². The Balaban J connectivity index is 2.14. The Kier molecular flexibility index (Phi) is 6.03. The second kappa shape index (κ2) is 7.38. The van der Waals surface area contributed by atoms with E-state index in [-0.39, 0.29) is 11.8 Å². The number of likely N-dealkylation sites (tertiary alicyclic amines) is 1. The van der Waals surface area contributed by atoms with Crippen molar-refractivity contribution < 1.29 is 13.9 Å². The van der Waals surface area contributed by atoms with E-state index in [2.05, 4.69) is 37.9 Å². The number of hydrogen-bond acceptors (Lipinski definition) is 5. The van der Waals surface area contributed by atoms with Crippen molar-refractivity contribution in [2.75, 3.05) is 11.9 Å². The number of piperidine rings is 1. The van der Waals surface area contributed by atoms with Gasteiger partial charge in [-0.1, -0.05) is 0 Å². The summed E-state index contributed by atoms with van der Waals surface area (Å²) in [5.41, 5.74) is -1.19. The average molecular weight is 485 g/mol. The van der Waals surface area contributed by atoms with Crippen molar-refractivity contribution in [2.45, 2.75) is 64.4 Å². The quantitative estimate of drug-likeness (QED) is 0.501. The lowest BCUT2D eigenvalue weighted by atomic mass is 9.86. The highest BCUT2D eigenvalue weighted by Crippen LogP contribution is 2.33. The van der Waals surface area contributed by atoms with Gasteiger partial charge in [-0.05, 0) is 75.2 Å². The molecule has 1 aliphatic heterocycles. The van der Waals surface area contributed by atoms with Crippen molar-refractivity contribution in [3.8, 4) is 0 Å². The molecule has 140 valence electrons. The minimum Gasteiger partial charge on any atom is -0.444 e. The van der Waals surface area contributed by atoms with Crippen LogP contribution in [-0.4, -0.2) is 50.9 Å². The number of aromatic nitrogens is 2. The molecule has 2 rings (SSSR count). The molecular formula is C16H23ClFIN4O2. The molecule has 1 N–H and O–H groups in total. The van der Waals surface area contributed by atoms with Gasteiger partial charge in [0.1, 0.15) is 17.6 Å². The lowest BCUT2D eigenvalue weighted by Crippen LogP contribution is -2.61. The molecule has 0 radical (unpaired) electrons. The molecule has 25 heavy (non-hydrogen) atoms. The second-order valence-electron chi connectivity index (χ2n) is 7.71. The van der Waals surface area contributed by atoms with Gasteiger partial charge in [0.15, 0.2) is 0 Å². The number of rotatable bonds is 2. The molecule has 0 spiro atoms. The highest BCUT2D eigenvalue weighted by molar-refractivity contribution is 14.1. The molecule has 0 saturated carbocycles. The number of ether oxygens (including phenoxy) is 1. The molecule has 1 aromatic rings. The lowest BCUT2D eigenvalue weighted by molar-refractivity contribution is -0.0229. The van der Waals surface area contributed by atoms with Gasteiger partial charge in [0.2, 0.25) is 5.28 Å². The fourth-order valence-electron chi connectivity index (χ4n) is 2.73. The van der Waals surface area contributed by atoms with Gasteiger partial charge < -0.3 is 15.0 Å². The van der Waals surface area contributed by atoms with Gasteiger partial charge >= 0.3 is 6.09 Å². The maximum Gasteiger partial charge on any atom is 0.410 e. The third kappa shape index (κ3) is 5.29. The summed E-state index contributed by atoms with van der Waals surface area (Å²) in [6, 6.07) is -0.492. The third-order valence-corrected chi connectivity index (χ3v) is 4.87. The molecule has 0 aromatic carbocycles. The second-order valence-corrected chi connectivity index (χ2v) is 9.21. The van der Waals surface area contributed by atoms with Gasteiger partial charge in [0, 0.05) is 11.7 Å². The number of carbonyl (C=O) groups is 1. The smallest absolute Gasteiger partial charge is 0.410 e. The molecular weight excluding hydrogens is 462 g/mol. The van der Waals surface area contributed by atoms with E-state index in [1.54, 1.807) is 27.0 Å². The summed E-state index contributed by atoms with van der Waals surface area (Å²) in [6.07, 6.45) is 0.223. The van der Waals surface area contributed by atoms with Crippen LogP contribution in [0.5, 0.6) is 0 Å². The first kappa shape index (κ1) is 20.4. The number of carbonyl (C=O) groups excluding carboxylic acids is 1. The molecule has 1 saturated heterocycles. The lowest BCUT2D eigenvalue weighted by Gasteiger charge is -2.47. The molecule has 0 bridgehead atoms. The first-order valence-corrected chi connectivity index (χ1v) is 9.44. The van der Waals surface area contributed by atoms with Crippen LogP contribution in [-0.2, 0) is 4.74 Å². The Morgan fingerprint density at radius 3 is 2.76 bits per heavy atom. The van der Waals surface area contributed by atoms with E-state index in [1.807, 2.05) is 13.8 Å². The van der Waals surface area contributed by atoms with E-state index in [0.717, 1.165) is 3.57 Å². The van der Waals surface area contributed by atoms with Crippen LogP contribution in [0, 0.1) is 3.57 Å². The van der Waals surface area contributed by atoms with E-state index in [1.165, 1.54) is 4.90 Å². The van der Waals surface area contributed by atoms with E-state index in [9.17, 15) is 9.18 Å². The van der Waals surface area contributed by atoms with Crippen molar-refractivity contribution >= 4 is 46.1 Å². The van der Waals surface area contributed by atoms with E-state index >= 15 is 0 Å². The van der Waals surface area contributed by atoms with Crippen molar-refractivity contribution in [1.29, 1.82) is 0 Å². The largest absolute Gasteiger partial charge is 0.444 e. The summed E-state index contributed by atoms with van der Waals surface area (Å²) in [5.74, 6) is 0.495. The maximum atomic E-state index is 14.8. The zero-order valence-electron chi connectivity index (χ0n) is 14.9. The predicted molar refractivity (Wildman–Crippen MR) is 104 cm³/mol. The molecule has 0 aliphatic carbocycles. The Morgan fingerprint density at radius 1 is 1.52 bits per heavy atom. The Bertz CT molecular complexity index is 654. The number of nitrogens with zero attached hydrogens (tertiary/aromatic N) is 3. The van der Waals surface area contributed by atoms with Crippen molar-refractivity contribution in [1.82, 2.24) is 14.9 Å². The standard InChI is InChI=1S/C16H23ClFIN4O2/c1-15(2,3)25-14(24)23-8-9(18)11(6-16(23,4)5)21-12-10(19)7-20-13(17)22-12/h7,9,11H,6,8H2,1-5H3,(H,20,21,22). The minimum absolute atomic E-state index is 0.0467. The van der Waals surface area contributed by atoms with Crippen molar-refractivity contribution in [2.24, 2.45) is 0 Å². The van der Waals surface area contributed by atoms with Gasteiger partial charge in [-0.15, -0.1) is 0 Å². The highest BCUT2D eigenvalue weighted by Gasteiger charge is 2.44. The zero-order valence-corrected chi connectivity index (χ0v) is 17.9. The van der Waals surface area contributed by atoms with Crippen LogP contribution in [0.4, 0.5) is 15.0 Å². The van der Waals surface area contributed by atoms with E-state index in [0.29, 0.717) is 12.2 Å². The van der Waals surface area contributed by atoms with Crippen molar-refractivity contribution in [3.05, 3.63) is 15.1 Å². The fraction of sp³-hybridized carbons (Fsp3) is 0.688. The van der Waals surface area contributed by atoms with Gasteiger partial charge in [-0.2, -0.15) is 4.98 Å².